The maximum atomic E-state index is 5.40. The van der Waals surface area contributed by atoms with Gasteiger partial charge in [0.25, 0.3) is 5.89 Å². The first-order valence-corrected chi connectivity index (χ1v) is 7.49. The molecule has 0 saturated carbocycles. The van der Waals surface area contributed by atoms with Gasteiger partial charge in [0.15, 0.2) is 5.82 Å². The Morgan fingerprint density at radius 2 is 2.14 bits per heavy atom. The summed E-state index contributed by atoms with van der Waals surface area (Å²) in [6.45, 7) is 8.07. The molecule has 0 bridgehead atoms. The lowest BCUT2D eigenvalue weighted by molar-refractivity contribution is 0.155. The molecule has 21 heavy (non-hydrogen) atoms. The molecule has 1 aliphatic rings. The number of nitrogens with one attached hydrogen (secondary N) is 1. The average molecular weight is 291 g/mol. The molecule has 3 heterocycles. The average Bonchev–Trinajstić information content (AvgIpc) is 3.14. The standard InChI is InChI=1S/C14H21N5O2/c1-3-4-12(19-7-5-15-6-8-19)13-17-14(21-18-13)11-9-16-20-10(11)2/h9,12,15H,3-8H2,1-2H3. The first-order valence-electron chi connectivity index (χ1n) is 7.49. The van der Waals surface area contributed by atoms with Crippen LogP contribution in [-0.2, 0) is 0 Å². The monoisotopic (exact) mass is 291 g/mol. The maximum Gasteiger partial charge on any atom is 0.263 e. The van der Waals surface area contributed by atoms with Crippen molar-refractivity contribution in [1.82, 2.24) is 25.5 Å². The molecule has 0 aromatic carbocycles. The predicted molar refractivity (Wildman–Crippen MR) is 76.6 cm³/mol. The number of hydrogen-bond donors (Lipinski definition) is 1. The van der Waals surface area contributed by atoms with Crippen LogP contribution in [0.15, 0.2) is 15.2 Å². The molecule has 0 aliphatic carbocycles. The van der Waals surface area contributed by atoms with E-state index in [1.165, 1.54) is 0 Å². The van der Waals surface area contributed by atoms with E-state index in [1.54, 1.807) is 6.20 Å². The summed E-state index contributed by atoms with van der Waals surface area (Å²) in [5.74, 6) is 1.94. The van der Waals surface area contributed by atoms with Gasteiger partial charge in [-0.1, -0.05) is 23.7 Å². The molecular weight excluding hydrogens is 270 g/mol. The zero-order chi connectivity index (χ0) is 14.7. The molecule has 1 atom stereocenters. The van der Waals surface area contributed by atoms with Gasteiger partial charge in [-0.3, -0.25) is 4.90 Å². The third kappa shape index (κ3) is 2.98. The first kappa shape index (κ1) is 14.2. The second-order valence-electron chi connectivity index (χ2n) is 5.34. The molecule has 114 valence electrons. The van der Waals surface area contributed by atoms with Gasteiger partial charge in [-0.2, -0.15) is 4.98 Å². The maximum absolute atomic E-state index is 5.40. The van der Waals surface area contributed by atoms with E-state index >= 15 is 0 Å². The summed E-state index contributed by atoms with van der Waals surface area (Å²) in [7, 11) is 0. The van der Waals surface area contributed by atoms with Gasteiger partial charge in [0, 0.05) is 26.2 Å². The summed E-state index contributed by atoms with van der Waals surface area (Å²) in [6.07, 6.45) is 3.73. The molecule has 1 aliphatic heterocycles. The molecule has 1 saturated heterocycles. The number of rotatable bonds is 5. The van der Waals surface area contributed by atoms with Crippen molar-refractivity contribution in [3.05, 3.63) is 17.8 Å². The van der Waals surface area contributed by atoms with Crippen LogP contribution in [0.4, 0.5) is 0 Å². The van der Waals surface area contributed by atoms with Crippen LogP contribution in [0.3, 0.4) is 0 Å². The van der Waals surface area contributed by atoms with Crippen LogP contribution in [0.2, 0.25) is 0 Å². The van der Waals surface area contributed by atoms with Crippen LogP contribution in [0.5, 0.6) is 0 Å². The highest BCUT2D eigenvalue weighted by Gasteiger charge is 2.26. The number of aryl methyl sites for hydroxylation is 1. The zero-order valence-electron chi connectivity index (χ0n) is 12.5. The molecule has 1 N–H and O–H groups in total. The normalized spacial score (nSPS) is 18.0. The van der Waals surface area contributed by atoms with Crippen molar-refractivity contribution >= 4 is 0 Å². The highest BCUT2D eigenvalue weighted by atomic mass is 16.5. The van der Waals surface area contributed by atoms with Gasteiger partial charge >= 0.3 is 0 Å². The Hall–Kier alpha value is -1.73. The smallest absolute Gasteiger partial charge is 0.263 e. The minimum atomic E-state index is 0.217. The second kappa shape index (κ2) is 6.36. The summed E-state index contributed by atoms with van der Waals surface area (Å²) in [4.78, 5) is 6.99. The number of nitrogens with zero attached hydrogens (tertiary/aromatic N) is 4. The molecule has 0 amide bonds. The van der Waals surface area contributed by atoms with E-state index in [9.17, 15) is 0 Å². The molecule has 1 unspecified atom stereocenters. The molecule has 2 aromatic heterocycles. The predicted octanol–water partition coefficient (Wildman–Crippen LogP) is 1.78. The molecule has 2 aromatic rings. The van der Waals surface area contributed by atoms with Crippen molar-refractivity contribution in [3.8, 4) is 11.5 Å². The van der Waals surface area contributed by atoms with Crippen LogP contribution in [0.25, 0.3) is 11.5 Å². The largest absolute Gasteiger partial charge is 0.361 e. The Bertz CT molecular complexity index is 573. The number of hydrogen-bond acceptors (Lipinski definition) is 7. The van der Waals surface area contributed by atoms with Crippen molar-refractivity contribution in [1.29, 1.82) is 0 Å². The van der Waals surface area contributed by atoms with Crippen molar-refractivity contribution in [2.45, 2.75) is 32.7 Å². The Labute approximate surface area is 123 Å². The van der Waals surface area contributed by atoms with E-state index < -0.39 is 0 Å². The summed E-state index contributed by atoms with van der Waals surface area (Å²) in [5, 5.41) is 11.3. The van der Waals surface area contributed by atoms with Gasteiger partial charge in [0.05, 0.1) is 12.2 Å². The quantitative estimate of drug-likeness (QED) is 0.899. The van der Waals surface area contributed by atoms with E-state index in [2.05, 4.69) is 32.4 Å². The fraction of sp³-hybridized carbons (Fsp3) is 0.643. The first-order chi connectivity index (χ1) is 10.3. The Kier molecular flexibility index (Phi) is 4.31. The van der Waals surface area contributed by atoms with Gasteiger partial charge < -0.3 is 14.4 Å². The molecule has 7 heteroatoms. The third-order valence-corrected chi connectivity index (χ3v) is 3.88. The highest BCUT2D eigenvalue weighted by Crippen LogP contribution is 2.27. The summed E-state index contributed by atoms with van der Waals surface area (Å²) in [5.41, 5.74) is 0.768. The van der Waals surface area contributed by atoms with E-state index in [-0.39, 0.29) is 6.04 Å². The van der Waals surface area contributed by atoms with Gasteiger partial charge in [-0.25, -0.2) is 0 Å². The van der Waals surface area contributed by atoms with E-state index in [0.29, 0.717) is 11.7 Å². The van der Waals surface area contributed by atoms with E-state index in [1.807, 2.05) is 6.92 Å². The number of piperazine rings is 1. The topological polar surface area (TPSA) is 80.2 Å². The Morgan fingerprint density at radius 1 is 1.33 bits per heavy atom. The van der Waals surface area contributed by atoms with Gasteiger partial charge in [-0.15, -0.1) is 0 Å². The lowest BCUT2D eigenvalue weighted by Crippen LogP contribution is -2.45. The van der Waals surface area contributed by atoms with Gasteiger partial charge in [-0.05, 0) is 13.3 Å². The minimum Gasteiger partial charge on any atom is -0.361 e. The van der Waals surface area contributed by atoms with Crippen LogP contribution < -0.4 is 5.32 Å². The van der Waals surface area contributed by atoms with Gasteiger partial charge in [0.1, 0.15) is 11.3 Å². The van der Waals surface area contributed by atoms with Gasteiger partial charge in [0.2, 0.25) is 0 Å². The van der Waals surface area contributed by atoms with Crippen LogP contribution >= 0.6 is 0 Å². The van der Waals surface area contributed by atoms with Crippen molar-refractivity contribution in [3.63, 3.8) is 0 Å². The molecule has 0 radical (unpaired) electrons. The van der Waals surface area contributed by atoms with Crippen molar-refractivity contribution in [2.75, 3.05) is 26.2 Å². The molecular formula is C14H21N5O2. The fourth-order valence-corrected chi connectivity index (χ4v) is 2.73. The highest BCUT2D eigenvalue weighted by molar-refractivity contribution is 5.53. The lowest BCUT2D eigenvalue weighted by Gasteiger charge is -2.33. The van der Waals surface area contributed by atoms with Crippen LogP contribution in [0.1, 0.15) is 37.4 Å². The SMILES string of the molecule is CCCC(c1noc(-c2cnoc2C)n1)N1CCNCC1. The molecule has 3 rings (SSSR count). The van der Waals surface area contributed by atoms with Crippen molar-refractivity contribution < 1.29 is 9.05 Å². The molecule has 0 spiro atoms. The third-order valence-electron chi connectivity index (χ3n) is 3.88. The Balaban J connectivity index is 1.83. The summed E-state index contributed by atoms with van der Waals surface area (Å²) in [6, 6.07) is 0.217. The summed E-state index contributed by atoms with van der Waals surface area (Å²) < 4.78 is 10.5. The van der Waals surface area contributed by atoms with E-state index in [0.717, 1.165) is 50.4 Å². The van der Waals surface area contributed by atoms with Crippen LogP contribution in [0, 0.1) is 6.92 Å². The van der Waals surface area contributed by atoms with Crippen molar-refractivity contribution in [2.24, 2.45) is 0 Å². The second-order valence-corrected chi connectivity index (χ2v) is 5.34. The summed E-state index contributed by atoms with van der Waals surface area (Å²) >= 11 is 0. The number of aromatic nitrogens is 3. The van der Waals surface area contributed by atoms with E-state index in [4.69, 9.17) is 9.05 Å². The van der Waals surface area contributed by atoms with Crippen LogP contribution in [-0.4, -0.2) is 46.4 Å². The Morgan fingerprint density at radius 3 is 2.81 bits per heavy atom. The zero-order valence-corrected chi connectivity index (χ0v) is 12.5. The minimum absolute atomic E-state index is 0.217. The molecule has 7 nitrogen and oxygen atoms in total. The molecule has 1 fully saturated rings. The fourth-order valence-electron chi connectivity index (χ4n) is 2.73. The lowest BCUT2D eigenvalue weighted by atomic mass is 10.1.